The molecule has 0 aliphatic rings. The number of hydrogen-bond donors (Lipinski definition) is 2. The smallest absolute Gasteiger partial charge is 0.191 e. The molecule has 0 spiro atoms. The van der Waals surface area contributed by atoms with Crippen molar-refractivity contribution >= 4 is 33.3 Å². The molecule has 0 aliphatic carbocycles. The molecule has 3 rings (SSSR count). The van der Waals surface area contributed by atoms with E-state index < -0.39 is 0 Å². The quantitative estimate of drug-likeness (QED) is 0.355. The molecule has 144 valence electrons. The van der Waals surface area contributed by atoms with Gasteiger partial charge in [0.1, 0.15) is 0 Å². The lowest BCUT2D eigenvalue weighted by molar-refractivity contribution is 0.641. The van der Waals surface area contributed by atoms with E-state index >= 15 is 0 Å². The molecule has 3 aromatic rings. The standard InChI is InChI=1S/C20H28N6S/c1-4-21-19(23-14-17-15-27-20(24-17)25(2)3)22-11-7-12-26-13-10-16-8-5-6-9-18(16)26/h5-6,8-10,13,15H,4,7,11-12,14H2,1-3H3,(H2,21,22,23). The summed E-state index contributed by atoms with van der Waals surface area (Å²) >= 11 is 1.65. The topological polar surface area (TPSA) is 57.5 Å². The first kappa shape index (κ1) is 19.2. The summed E-state index contributed by atoms with van der Waals surface area (Å²) < 4.78 is 2.30. The van der Waals surface area contributed by atoms with E-state index in [0.29, 0.717) is 6.54 Å². The van der Waals surface area contributed by atoms with Crippen LogP contribution < -0.4 is 15.5 Å². The van der Waals surface area contributed by atoms with Gasteiger partial charge in [0, 0.05) is 50.8 Å². The summed E-state index contributed by atoms with van der Waals surface area (Å²) in [5, 5.41) is 11.1. The first-order valence-corrected chi connectivity index (χ1v) is 10.2. The van der Waals surface area contributed by atoms with Crippen LogP contribution in [-0.2, 0) is 13.1 Å². The van der Waals surface area contributed by atoms with Crippen LogP contribution in [-0.4, -0.2) is 42.7 Å². The van der Waals surface area contributed by atoms with Crippen molar-refractivity contribution in [3.8, 4) is 0 Å². The number of anilines is 1. The van der Waals surface area contributed by atoms with E-state index in [1.165, 1.54) is 10.9 Å². The van der Waals surface area contributed by atoms with Crippen molar-refractivity contribution in [2.45, 2.75) is 26.4 Å². The molecule has 0 aliphatic heterocycles. The number of aryl methyl sites for hydroxylation is 1. The Bertz CT molecular complexity index is 879. The van der Waals surface area contributed by atoms with Gasteiger partial charge in [0.2, 0.25) is 0 Å². The fourth-order valence-electron chi connectivity index (χ4n) is 2.87. The monoisotopic (exact) mass is 384 g/mol. The van der Waals surface area contributed by atoms with E-state index in [4.69, 9.17) is 0 Å². The summed E-state index contributed by atoms with van der Waals surface area (Å²) in [6.45, 7) is 5.36. The highest BCUT2D eigenvalue weighted by Gasteiger charge is 2.04. The second kappa shape index (κ2) is 9.41. The van der Waals surface area contributed by atoms with Crippen LogP contribution in [0.25, 0.3) is 10.9 Å². The van der Waals surface area contributed by atoms with Gasteiger partial charge in [-0.1, -0.05) is 18.2 Å². The fraction of sp³-hybridized carbons (Fsp3) is 0.400. The Morgan fingerprint density at radius 3 is 2.85 bits per heavy atom. The number of hydrogen-bond acceptors (Lipinski definition) is 4. The van der Waals surface area contributed by atoms with E-state index in [-0.39, 0.29) is 0 Å². The number of benzene rings is 1. The van der Waals surface area contributed by atoms with Crippen LogP contribution in [0.4, 0.5) is 5.13 Å². The van der Waals surface area contributed by atoms with Crippen molar-refractivity contribution < 1.29 is 0 Å². The molecule has 0 fully saturated rings. The zero-order valence-electron chi connectivity index (χ0n) is 16.3. The van der Waals surface area contributed by atoms with E-state index in [0.717, 1.165) is 42.8 Å². The first-order chi connectivity index (χ1) is 13.2. The molecule has 0 atom stereocenters. The third-order valence-electron chi connectivity index (χ3n) is 4.21. The second-order valence-corrected chi connectivity index (χ2v) is 7.40. The zero-order chi connectivity index (χ0) is 19.1. The number of thiazole rings is 1. The number of aromatic nitrogens is 2. The number of aliphatic imine (C=N–C) groups is 1. The number of guanidine groups is 1. The van der Waals surface area contributed by atoms with Crippen LogP contribution in [0.1, 0.15) is 19.0 Å². The molecule has 0 saturated heterocycles. The van der Waals surface area contributed by atoms with Gasteiger partial charge >= 0.3 is 0 Å². The summed E-state index contributed by atoms with van der Waals surface area (Å²) in [5.74, 6) is 0.842. The van der Waals surface area contributed by atoms with E-state index in [1.807, 2.05) is 19.0 Å². The van der Waals surface area contributed by atoms with Crippen LogP contribution in [0, 0.1) is 0 Å². The largest absolute Gasteiger partial charge is 0.357 e. The fourth-order valence-corrected chi connectivity index (χ4v) is 3.62. The van der Waals surface area contributed by atoms with Gasteiger partial charge in [0.05, 0.1) is 12.2 Å². The molecule has 1 aromatic carbocycles. The Morgan fingerprint density at radius 2 is 2.07 bits per heavy atom. The summed E-state index contributed by atoms with van der Waals surface area (Å²) in [5.41, 5.74) is 2.29. The third-order valence-corrected chi connectivity index (χ3v) is 5.27. The van der Waals surface area contributed by atoms with Gasteiger partial charge < -0.3 is 20.1 Å². The molecule has 0 amide bonds. The molecule has 7 heteroatoms. The summed E-state index contributed by atoms with van der Waals surface area (Å²) in [4.78, 5) is 11.3. The summed E-state index contributed by atoms with van der Waals surface area (Å²) in [7, 11) is 4.01. The molecule has 0 unspecified atom stereocenters. The molecule has 2 N–H and O–H groups in total. The Labute approximate surface area is 164 Å². The van der Waals surface area contributed by atoms with Gasteiger partial charge in [-0.2, -0.15) is 0 Å². The van der Waals surface area contributed by atoms with Gasteiger partial charge in [-0.3, -0.25) is 0 Å². The summed E-state index contributed by atoms with van der Waals surface area (Å²) in [6, 6.07) is 10.7. The average molecular weight is 385 g/mol. The highest BCUT2D eigenvalue weighted by atomic mass is 32.1. The Hall–Kier alpha value is -2.54. The van der Waals surface area contributed by atoms with Gasteiger partial charge in [-0.05, 0) is 30.9 Å². The number of fused-ring (bicyclic) bond motifs is 1. The van der Waals surface area contributed by atoms with Crippen molar-refractivity contribution in [2.24, 2.45) is 4.99 Å². The first-order valence-electron chi connectivity index (χ1n) is 9.35. The number of para-hydroxylation sites is 1. The lowest BCUT2D eigenvalue weighted by atomic mass is 10.2. The number of nitrogens with one attached hydrogen (secondary N) is 2. The minimum absolute atomic E-state index is 0.585. The summed E-state index contributed by atoms with van der Waals surface area (Å²) in [6.07, 6.45) is 3.19. The number of rotatable bonds is 8. The maximum Gasteiger partial charge on any atom is 0.191 e. The highest BCUT2D eigenvalue weighted by molar-refractivity contribution is 7.13. The van der Waals surface area contributed by atoms with Crippen LogP contribution in [0.3, 0.4) is 0 Å². The highest BCUT2D eigenvalue weighted by Crippen LogP contribution is 2.18. The third kappa shape index (κ3) is 5.23. The van der Waals surface area contributed by atoms with Crippen molar-refractivity contribution in [3.63, 3.8) is 0 Å². The minimum atomic E-state index is 0.585. The van der Waals surface area contributed by atoms with E-state index in [2.05, 4.69) is 74.0 Å². The normalized spacial score (nSPS) is 11.7. The Kier molecular flexibility index (Phi) is 6.70. The van der Waals surface area contributed by atoms with Gasteiger partial charge in [-0.25, -0.2) is 9.98 Å². The zero-order valence-corrected chi connectivity index (χ0v) is 17.1. The Balaban J connectivity index is 1.50. The molecule has 0 saturated carbocycles. The second-order valence-electron chi connectivity index (χ2n) is 6.56. The maximum absolute atomic E-state index is 4.65. The van der Waals surface area contributed by atoms with Crippen LogP contribution >= 0.6 is 11.3 Å². The molecule has 0 bridgehead atoms. The lowest BCUT2D eigenvalue weighted by Gasteiger charge is -2.11. The van der Waals surface area contributed by atoms with Gasteiger partial charge in [0.25, 0.3) is 0 Å². The number of nitrogens with zero attached hydrogens (tertiary/aromatic N) is 4. The lowest BCUT2D eigenvalue weighted by Crippen LogP contribution is -2.38. The maximum atomic E-state index is 4.65. The van der Waals surface area contributed by atoms with Crippen molar-refractivity contribution in [1.29, 1.82) is 0 Å². The predicted octanol–water partition coefficient (Wildman–Crippen LogP) is 3.31. The van der Waals surface area contributed by atoms with E-state index in [1.54, 1.807) is 11.3 Å². The molecular formula is C20H28N6S. The minimum Gasteiger partial charge on any atom is -0.357 e. The predicted molar refractivity (Wildman–Crippen MR) is 116 cm³/mol. The average Bonchev–Trinajstić information content (AvgIpc) is 3.30. The molecule has 27 heavy (non-hydrogen) atoms. The van der Waals surface area contributed by atoms with Crippen LogP contribution in [0.2, 0.25) is 0 Å². The van der Waals surface area contributed by atoms with Crippen LogP contribution in [0.5, 0.6) is 0 Å². The molecule has 0 radical (unpaired) electrons. The molecular weight excluding hydrogens is 356 g/mol. The van der Waals surface area contributed by atoms with E-state index in [9.17, 15) is 0 Å². The van der Waals surface area contributed by atoms with Crippen molar-refractivity contribution in [2.75, 3.05) is 32.1 Å². The van der Waals surface area contributed by atoms with Gasteiger partial charge in [0.15, 0.2) is 11.1 Å². The van der Waals surface area contributed by atoms with Crippen molar-refractivity contribution in [1.82, 2.24) is 20.2 Å². The van der Waals surface area contributed by atoms with Crippen LogP contribution in [0.15, 0.2) is 46.9 Å². The van der Waals surface area contributed by atoms with Gasteiger partial charge in [-0.15, -0.1) is 11.3 Å². The molecule has 2 aromatic heterocycles. The SMILES string of the molecule is CCNC(=NCc1csc(N(C)C)n1)NCCCn1ccc2ccccc21. The molecule has 6 nitrogen and oxygen atoms in total. The Morgan fingerprint density at radius 1 is 1.22 bits per heavy atom. The van der Waals surface area contributed by atoms with Crippen molar-refractivity contribution in [3.05, 3.63) is 47.6 Å². The molecule has 2 heterocycles.